The maximum Gasteiger partial charge on any atom is 0.256 e. The maximum atomic E-state index is 12.4. The maximum absolute atomic E-state index is 12.4. The molecule has 4 nitrogen and oxygen atoms in total. The molecule has 1 aliphatic heterocycles. The van der Waals surface area contributed by atoms with Crippen LogP contribution in [0.5, 0.6) is 11.5 Å². The molecule has 0 aliphatic carbocycles. The first-order valence-corrected chi connectivity index (χ1v) is 7.89. The zero-order chi connectivity index (χ0) is 16.6. The average molecular weight is 374 g/mol. The number of benzene rings is 2. The molecule has 0 spiro atoms. The molecule has 2 aromatic carbocycles. The molecule has 0 atom stereocenters. The number of halogens is 1. The van der Waals surface area contributed by atoms with E-state index in [0.717, 1.165) is 26.9 Å². The fourth-order valence-corrected chi connectivity index (χ4v) is 3.08. The minimum atomic E-state index is -0.130. The molecular formula is C18H16BrNO3. The summed E-state index contributed by atoms with van der Waals surface area (Å²) in [7, 11) is 3.20. The lowest BCUT2D eigenvalue weighted by Crippen LogP contribution is -2.04. The van der Waals surface area contributed by atoms with Crippen molar-refractivity contribution in [1.29, 1.82) is 0 Å². The lowest BCUT2D eigenvalue weighted by Gasteiger charge is -2.11. The van der Waals surface area contributed by atoms with Gasteiger partial charge in [-0.2, -0.15) is 0 Å². The number of rotatable bonds is 3. The van der Waals surface area contributed by atoms with Gasteiger partial charge < -0.3 is 14.8 Å². The Bertz CT molecular complexity index is 805. The van der Waals surface area contributed by atoms with Crippen molar-refractivity contribution in [3.8, 4) is 11.5 Å². The van der Waals surface area contributed by atoms with E-state index < -0.39 is 0 Å². The number of fused-ring (bicyclic) bond motifs is 1. The second-order valence-electron chi connectivity index (χ2n) is 5.18. The molecule has 1 amide bonds. The van der Waals surface area contributed by atoms with E-state index in [2.05, 4.69) is 21.2 Å². The molecule has 0 saturated heterocycles. The summed E-state index contributed by atoms with van der Waals surface area (Å²) in [5, 5.41) is 2.90. The first-order valence-electron chi connectivity index (χ1n) is 7.10. The number of hydrogen-bond acceptors (Lipinski definition) is 3. The molecule has 0 fully saturated rings. The van der Waals surface area contributed by atoms with Gasteiger partial charge in [0.25, 0.3) is 5.91 Å². The van der Waals surface area contributed by atoms with Crippen molar-refractivity contribution in [1.82, 2.24) is 0 Å². The molecule has 118 valence electrons. The van der Waals surface area contributed by atoms with Crippen LogP contribution in [0.2, 0.25) is 0 Å². The molecule has 23 heavy (non-hydrogen) atoms. The number of amides is 1. The van der Waals surface area contributed by atoms with E-state index in [9.17, 15) is 4.79 Å². The van der Waals surface area contributed by atoms with Crippen molar-refractivity contribution in [2.75, 3.05) is 19.5 Å². The monoisotopic (exact) mass is 373 g/mol. The van der Waals surface area contributed by atoms with Gasteiger partial charge in [-0.3, -0.25) is 4.79 Å². The Balaban J connectivity index is 2.24. The second-order valence-corrected chi connectivity index (χ2v) is 6.04. The van der Waals surface area contributed by atoms with Gasteiger partial charge in [0.15, 0.2) is 0 Å². The lowest BCUT2D eigenvalue weighted by molar-refractivity contribution is -0.110. The lowest BCUT2D eigenvalue weighted by atomic mass is 9.99. The van der Waals surface area contributed by atoms with Crippen LogP contribution in [0.1, 0.15) is 16.7 Å². The van der Waals surface area contributed by atoms with Crippen molar-refractivity contribution in [3.63, 3.8) is 0 Å². The largest absolute Gasteiger partial charge is 0.496 e. The van der Waals surface area contributed by atoms with Crippen molar-refractivity contribution in [3.05, 3.63) is 51.5 Å². The van der Waals surface area contributed by atoms with Crippen LogP contribution in [-0.2, 0) is 4.79 Å². The fourth-order valence-electron chi connectivity index (χ4n) is 2.74. The van der Waals surface area contributed by atoms with Crippen LogP contribution in [0.15, 0.2) is 34.8 Å². The van der Waals surface area contributed by atoms with E-state index in [1.54, 1.807) is 14.2 Å². The number of hydrogen-bond donors (Lipinski definition) is 1. The zero-order valence-electron chi connectivity index (χ0n) is 13.1. The highest BCUT2D eigenvalue weighted by atomic mass is 79.9. The molecular weight excluding hydrogens is 358 g/mol. The Labute approximate surface area is 143 Å². The van der Waals surface area contributed by atoms with Gasteiger partial charge in [-0.15, -0.1) is 0 Å². The van der Waals surface area contributed by atoms with Gasteiger partial charge in [0, 0.05) is 15.7 Å². The smallest absolute Gasteiger partial charge is 0.256 e. The SMILES string of the molecule is COc1cccc(OC)c1C=C1C(=O)Nc2ccc(Br)c(C)c21. The van der Waals surface area contributed by atoms with Gasteiger partial charge in [-0.25, -0.2) is 0 Å². The van der Waals surface area contributed by atoms with Crippen molar-refractivity contribution >= 4 is 39.2 Å². The van der Waals surface area contributed by atoms with Crippen LogP contribution in [-0.4, -0.2) is 20.1 Å². The first-order chi connectivity index (χ1) is 11.1. The van der Waals surface area contributed by atoms with Crippen LogP contribution < -0.4 is 14.8 Å². The fraction of sp³-hybridized carbons (Fsp3) is 0.167. The third-order valence-electron chi connectivity index (χ3n) is 3.92. The molecule has 2 aromatic rings. The Morgan fingerprint density at radius 1 is 1.09 bits per heavy atom. The van der Waals surface area contributed by atoms with Gasteiger partial charge in [0.1, 0.15) is 11.5 Å². The van der Waals surface area contributed by atoms with E-state index in [4.69, 9.17) is 9.47 Å². The molecule has 0 aromatic heterocycles. The zero-order valence-corrected chi connectivity index (χ0v) is 14.7. The van der Waals surface area contributed by atoms with Gasteiger partial charge >= 0.3 is 0 Å². The van der Waals surface area contributed by atoms with Crippen molar-refractivity contribution in [2.45, 2.75) is 6.92 Å². The van der Waals surface area contributed by atoms with E-state index in [1.807, 2.05) is 43.3 Å². The van der Waals surface area contributed by atoms with E-state index in [-0.39, 0.29) is 5.91 Å². The standard InChI is InChI=1S/C18H16BrNO3/c1-10-13(19)7-8-14-17(10)12(18(21)20-14)9-11-15(22-2)5-4-6-16(11)23-3/h4-9H,1-3H3,(H,20,21). The first kappa shape index (κ1) is 15.6. The van der Waals surface area contributed by atoms with Crippen molar-refractivity contribution < 1.29 is 14.3 Å². The van der Waals surface area contributed by atoms with Crippen LogP contribution in [0.4, 0.5) is 5.69 Å². The van der Waals surface area contributed by atoms with Gasteiger partial charge in [-0.05, 0) is 42.8 Å². The summed E-state index contributed by atoms with van der Waals surface area (Å²) in [5.74, 6) is 1.19. The number of anilines is 1. The highest BCUT2D eigenvalue weighted by Gasteiger charge is 2.27. The van der Waals surface area contributed by atoms with Gasteiger partial charge in [0.2, 0.25) is 0 Å². The quantitative estimate of drug-likeness (QED) is 0.817. The molecule has 3 rings (SSSR count). The van der Waals surface area contributed by atoms with Gasteiger partial charge in [-0.1, -0.05) is 22.0 Å². The summed E-state index contributed by atoms with van der Waals surface area (Å²) >= 11 is 3.52. The third kappa shape index (κ3) is 2.61. The predicted octanol–water partition coefficient (Wildman–Crippen LogP) is 4.27. The summed E-state index contributed by atoms with van der Waals surface area (Å²) in [6.45, 7) is 1.98. The third-order valence-corrected chi connectivity index (χ3v) is 4.77. The van der Waals surface area contributed by atoms with E-state index >= 15 is 0 Å². The van der Waals surface area contributed by atoms with Crippen LogP contribution >= 0.6 is 15.9 Å². The highest BCUT2D eigenvalue weighted by molar-refractivity contribution is 9.10. The molecule has 0 radical (unpaired) electrons. The summed E-state index contributed by atoms with van der Waals surface area (Å²) in [4.78, 5) is 12.4. The molecule has 1 N–H and O–H groups in total. The minimum Gasteiger partial charge on any atom is -0.496 e. The van der Waals surface area contributed by atoms with E-state index in [1.165, 1.54) is 0 Å². The highest BCUT2D eigenvalue weighted by Crippen LogP contribution is 2.40. The second kappa shape index (κ2) is 6.08. The predicted molar refractivity (Wildman–Crippen MR) is 94.9 cm³/mol. The molecule has 1 aliphatic rings. The van der Waals surface area contributed by atoms with Crippen LogP contribution in [0.25, 0.3) is 11.6 Å². The molecule has 1 heterocycles. The number of methoxy groups -OCH3 is 2. The molecule has 0 bridgehead atoms. The molecule has 5 heteroatoms. The summed E-state index contributed by atoms with van der Waals surface area (Å²) in [6, 6.07) is 9.36. The Kier molecular flexibility index (Phi) is 4.13. The molecule has 0 saturated carbocycles. The van der Waals surface area contributed by atoms with Gasteiger partial charge in [0.05, 0.1) is 25.4 Å². The Hall–Kier alpha value is -2.27. The summed E-state index contributed by atoms with van der Waals surface area (Å²) in [6.07, 6.45) is 1.82. The number of carbonyl (C=O) groups is 1. The number of ether oxygens (including phenoxy) is 2. The Morgan fingerprint density at radius 2 is 1.74 bits per heavy atom. The van der Waals surface area contributed by atoms with E-state index in [0.29, 0.717) is 17.1 Å². The normalized spacial score (nSPS) is 14.6. The average Bonchev–Trinajstić information content (AvgIpc) is 2.87. The summed E-state index contributed by atoms with van der Waals surface area (Å²) < 4.78 is 11.8. The molecule has 0 unspecified atom stereocenters. The minimum absolute atomic E-state index is 0.130. The van der Waals surface area contributed by atoms with Crippen LogP contribution in [0, 0.1) is 6.92 Å². The van der Waals surface area contributed by atoms with Crippen LogP contribution in [0.3, 0.4) is 0 Å². The summed E-state index contributed by atoms with van der Waals surface area (Å²) in [5.41, 5.74) is 4.07. The number of carbonyl (C=O) groups excluding carboxylic acids is 1. The van der Waals surface area contributed by atoms with Crippen molar-refractivity contribution in [2.24, 2.45) is 0 Å². The topological polar surface area (TPSA) is 47.6 Å². The Morgan fingerprint density at radius 3 is 2.35 bits per heavy atom. The number of nitrogens with one attached hydrogen (secondary N) is 1.